The Morgan fingerprint density at radius 1 is 1.19 bits per heavy atom. The summed E-state index contributed by atoms with van der Waals surface area (Å²) in [5, 5.41) is 7.33. The first kappa shape index (κ1) is 19.3. The lowest BCUT2D eigenvalue weighted by atomic mass is 10.2. The van der Waals surface area contributed by atoms with Crippen LogP contribution in [-0.4, -0.2) is 35.5 Å². The number of aryl methyl sites for hydroxylation is 2. The number of rotatable bonds is 9. The predicted molar refractivity (Wildman–Crippen MR) is 113 cm³/mol. The van der Waals surface area contributed by atoms with E-state index in [-0.39, 0.29) is 5.91 Å². The molecule has 3 rings (SSSR count). The summed E-state index contributed by atoms with van der Waals surface area (Å²) in [4.78, 5) is 25.4. The van der Waals surface area contributed by atoms with Crippen molar-refractivity contribution < 1.29 is 4.79 Å². The molecule has 0 unspecified atom stereocenters. The van der Waals surface area contributed by atoms with Gasteiger partial charge in [0.15, 0.2) is 5.13 Å². The van der Waals surface area contributed by atoms with Crippen LogP contribution in [0.5, 0.6) is 0 Å². The van der Waals surface area contributed by atoms with Gasteiger partial charge in [0.1, 0.15) is 4.83 Å². The number of anilines is 1. The third-order valence-electron chi connectivity index (χ3n) is 4.11. The lowest BCUT2D eigenvalue weighted by Crippen LogP contribution is -2.23. The van der Waals surface area contributed by atoms with Gasteiger partial charge in [-0.1, -0.05) is 11.3 Å². The van der Waals surface area contributed by atoms with Gasteiger partial charge in [0, 0.05) is 30.7 Å². The second kappa shape index (κ2) is 8.92. The van der Waals surface area contributed by atoms with E-state index in [0.717, 1.165) is 57.6 Å². The van der Waals surface area contributed by atoms with Crippen molar-refractivity contribution in [3.8, 4) is 0 Å². The summed E-state index contributed by atoms with van der Waals surface area (Å²) in [5.74, 6) is 0.00897. The molecule has 1 N–H and O–H groups in total. The number of fused-ring (bicyclic) bond motifs is 1. The lowest BCUT2D eigenvalue weighted by molar-refractivity contribution is 0.0957. The molecule has 8 heteroatoms. The lowest BCUT2D eigenvalue weighted by Gasteiger charge is -2.16. The van der Waals surface area contributed by atoms with Gasteiger partial charge in [0.2, 0.25) is 0 Å². The number of thiazole rings is 2. The number of carbonyl (C=O) groups excluding carboxylic acids is 1. The number of carbonyl (C=O) groups is 1. The van der Waals surface area contributed by atoms with E-state index in [2.05, 4.69) is 39.4 Å². The van der Waals surface area contributed by atoms with Gasteiger partial charge in [0.05, 0.1) is 14.6 Å². The molecule has 0 aliphatic carbocycles. The van der Waals surface area contributed by atoms with Crippen molar-refractivity contribution in [1.29, 1.82) is 0 Å². The number of amides is 1. The smallest absolute Gasteiger partial charge is 0.261 e. The van der Waals surface area contributed by atoms with E-state index in [4.69, 9.17) is 0 Å². The molecular weight excluding hydrogens is 384 g/mol. The van der Waals surface area contributed by atoms with Crippen LogP contribution in [0.3, 0.4) is 0 Å². The molecule has 26 heavy (non-hydrogen) atoms. The molecule has 0 saturated carbocycles. The monoisotopic (exact) mass is 408 g/mol. The Kier molecular flexibility index (Phi) is 6.61. The summed E-state index contributed by atoms with van der Waals surface area (Å²) >= 11 is 4.86. The number of thiophene rings is 1. The Morgan fingerprint density at radius 3 is 2.65 bits per heavy atom. The molecular formula is C18H24N4OS3. The highest BCUT2D eigenvalue weighted by Crippen LogP contribution is 2.34. The van der Waals surface area contributed by atoms with Crippen LogP contribution in [0.15, 0.2) is 11.4 Å². The largest absolute Gasteiger partial charge is 0.351 e. The van der Waals surface area contributed by atoms with E-state index in [9.17, 15) is 4.79 Å². The molecule has 0 aromatic carbocycles. The van der Waals surface area contributed by atoms with E-state index in [1.807, 2.05) is 13.0 Å². The highest BCUT2D eigenvalue weighted by molar-refractivity contribution is 7.29. The first-order valence-corrected chi connectivity index (χ1v) is 11.5. The average Bonchev–Trinajstić information content (AvgIpc) is 3.30. The van der Waals surface area contributed by atoms with E-state index in [1.54, 1.807) is 22.7 Å². The van der Waals surface area contributed by atoms with Crippen molar-refractivity contribution in [3.63, 3.8) is 0 Å². The quantitative estimate of drug-likeness (QED) is 0.520. The maximum absolute atomic E-state index is 12.3. The number of aromatic nitrogens is 2. The first-order valence-electron chi connectivity index (χ1n) is 8.95. The molecule has 3 heterocycles. The van der Waals surface area contributed by atoms with Crippen LogP contribution < -0.4 is 10.2 Å². The number of hydrogen-bond acceptors (Lipinski definition) is 7. The third kappa shape index (κ3) is 4.61. The molecule has 0 aliphatic rings. The molecule has 5 nitrogen and oxygen atoms in total. The molecule has 3 aromatic rings. The van der Waals surface area contributed by atoms with Gasteiger partial charge >= 0.3 is 0 Å². The minimum Gasteiger partial charge on any atom is -0.351 e. The van der Waals surface area contributed by atoms with Crippen molar-refractivity contribution in [1.82, 2.24) is 15.3 Å². The van der Waals surface area contributed by atoms with Gasteiger partial charge in [0.25, 0.3) is 5.91 Å². The van der Waals surface area contributed by atoms with Crippen molar-refractivity contribution in [2.45, 2.75) is 40.0 Å². The molecule has 0 bridgehead atoms. The fraction of sp³-hybridized carbons (Fsp3) is 0.500. The third-order valence-corrected chi connectivity index (χ3v) is 7.35. The van der Waals surface area contributed by atoms with Crippen LogP contribution in [0.4, 0.5) is 5.13 Å². The van der Waals surface area contributed by atoms with Gasteiger partial charge in [-0.2, -0.15) is 0 Å². The van der Waals surface area contributed by atoms with Crippen LogP contribution in [0, 0.1) is 6.92 Å². The molecule has 0 saturated heterocycles. The summed E-state index contributed by atoms with van der Waals surface area (Å²) in [6.07, 6.45) is 3.00. The van der Waals surface area contributed by atoms with Crippen molar-refractivity contribution in [2.75, 3.05) is 24.5 Å². The maximum atomic E-state index is 12.3. The Bertz CT molecular complexity index is 831. The molecule has 0 atom stereocenters. The molecule has 0 aliphatic heterocycles. The molecule has 0 fully saturated rings. The van der Waals surface area contributed by atoms with Gasteiger partial charge in [-0.25, -0.2) is 9.97 Å². The summed E-state index contributed by atoms with van der Waals surface area (Å²) in [6.45, 7) is 8.89. The zero-order chi connectivity index (χ0) is 18.5. The summed E-state index contributed by atoms with van der Waals surface area (Å²) in [5.41, 5.74) is 1.09. The first-order chi connectivity index (χ1) is 12.6. The Hall–Kier alpha value is -1.51. The SMILES string of the molecule is CCN(CC)c1nc2sc(C(=O)NCCCCc3nc(C)cs3)cc2s1. The number of nitrogens with zero attached hydrogens (tertiary/aromatic N) is 3. The normalized spacial score (nSPS) is 11.2. The van der Waals surface area contributed by atoms with E-state index in [0.29, 0.717) is 6.54 Å². The standard InChI is InChI=1S/C18H24N4OS3/c1-4-22(5-2)18-21-17-14(26-18)10-13(25-17)16(23)19-9-7-6-8-15-20-12(3)11-24-15/h10-11H,4-9H2,1-3H3,(H,19,23). The topological polar surface area (TPSA) is 58.1 Å². The van der Waals surface area contributed by atoms with Crippen LogP contribution in [0.1, 0.15) is 47.1 Å². The fourth-order valence-corrected chi connectivity index (χ4v) is 5.75. The predicted octanol–water partition coefficient (Wildman–Crippen LogP) is 4.72. The number of unbranched alkanes of at least 4 members (excludes halogenated alkanes) is 1. The van der Waals surface area contributed by atoms with Gasteiger partial charge in [-0.3, -0.25) is 4.79 Å². The van der Waals surface area contributed by atoms with Crippen LogP contribution >= 0.6 is 34.0 Å². The van der Waals surface area contributed by atoms with Crippen molar-refractivity contribution >= 4 is 54.6 Å². The zero-order valence-corrected chi connectivity index (χ0v) is 17.8. The second-order valence-electron chi connectivity index (χ2n) is 6.04. The van der Waals surface area contributed by atoms with Gasteiger partial charge in [-0.05, 0) is 46.1 Å². The minimum absolute atomic E-state index is 0.00897. The van der Waals surface area contributed by atoms with E-state index >= 15 is 0 Å². The van der Waals surface area contributed by atoms with Gasteiger partial charge < -0.3 is 10.2 Å². The number of nitrogens with one attached hydrogen (secondary N) is 1. The summed E-state index contributed by atoms with van der Waals surface area (Å²) in [7, 11) is 0. The zero-order valence-electron chi connectivity index (χ0n) is 15.4. The highest BCUT2D eigenvalue weighted by Gasteiger charge is 2.15. The average molecular weight is 409 g/mol. The number of hydrogen-bond donors (Lipinski definition) is 1. The fourth-order valence-electron chi connectivity index (χ4n) is 2.67. The van der Waals surface area contributed by atoms with E-state index in [1.165, 1.54) is 16.3 Å². The Morgan fingerprint density at radius 2 is 2.00 bits per heavy atom. The Labute approximate surface area is 166 Å². The van der Waals surface area contributed by atoms with Crippen molar-refractivity contribution in [3.05, 3.63) is 27.0 Å². The minimum atomic E-state index is 0.00897. The molecule has 140 valence electrons. The van der Waals surface area contributed by atoms with Crippen LogP contribution in [0.2, 0.25) is 0 Å². The molecule has 3 aromatic heterocycles. The van der Waals surface area contributed by atoms with Gasteiger partial charge in [-0.15, -0.1) is 22.7 Å². The van der Waals surface area contributed by atoms with Crippen molar-refractivity contribution in [2.24, 2.45) is 0 Å². The molecule has 0 radical (unpaired) electrons. The summed E-state index contributed by atoms with van der Waals surface area (Å²) < 4.78 is 1.10. The second-order valence-corrected chi connectivity index (χ2v) is 9.03. The highest BCUT2D eigenvalue weighted by atomic mass is 32.1. The summed E-state index contributed by atoms with van der Waals surface area (Å²) in [6, 6.07) is 1.97. The van der Waals surface area contributed by atoms with Crippen LogP contribution in [-0.2, 0) is 6.42 Å². The maximum Gasteiger partial charge on any atom is 0.261 e. The molecule has 1 amide bonds. The van der Waals surface area contributed by atoms with E-state index < -0.39 is 0 Å². The molecule has 0 spiro atoms. The van der Waals surface area contributed by atoms with Crippen LogP contribution in [0.25, 0.3) is 9.53 Å². The Balaban J connectivity index is 1.47.